The number of anilines is 3. The van der Waals surface area contributed by atoms with Crippen LogP contribution in [0.15, 0.2) is 18.2 Å². The fourth-order valence-electron chi connectivity index (χ4n) is 1.45. The summed E-state index contributed by atoms with van der Waals surface area (Å²) in [6.07, 6.45) is 0. The van der Waals surface area contributed by atoms with E-state index in [1.165, 1.54) is 7.11 Å². The molecule has 0 saturated heterocycles. The van der Waals surface area contributed by atoms with Gasteiger partial charge in [-0.1, -0.05) is 0 Å². The minimum Gasteiger partial charge on any atom is -0.467 e. The molecule has 2 rings (SSSR count). The lowest BCUT2D eigenvalue weighted by Gasteiger charge is -2.09. The monoisotopic (exact) mass is 281 g/mol. The molecule has 20 heavy (non-hydrogen) atoms. The van der Waals surface area contributed by atoms with Gasteiger partial charge in [0.1, 0.15) is 11.6 Å². The maximum atomic E-state index is 13.5. The quantitative estimate of drug-likeness (QED) is 0.876. The van der Waals surface area contributed by atoms with Crippen molar-refractivity contribution >= 4 is 17.6 Å². The highest BCUT2D eigenvalue weighted by Crippen LogP contribution is 2.20. The van der Waals surface area contributed by atoms with Gasteiger partial charge < -0.3 is 15.4 Å². The Morgan fingerprint density at radius 3 is 2.60 bits per heavy atom. The van der Waals surface area contributed by atoms with Crippen LogP contribution in [-0.4, -0.2) is 28.6 Å². The lowest BCUT2D eigenvalue weighted by molar-refractivity contribution is 0.379. The van der Waals surface area contributed by atoms with E-state index in [0.29, 0.717) is 6.54 Å². The number of benzene rings is 1. The molecule has 0 aliphatic heterocycles. The number of ether oxygens (including phenoxy) is 1. The molecule has 0 atom stereocenters. The fraction of sp³-hybridized carbons (Fsp3) is 0.250. The van der Waals surface area contributed by atoms with Gasteiger partial charge in [-0.25, -0.2) is 8.78 Å². The first-order chi connectivity index (χ1) is 9.62. The van der Waals surface area contributed by atoms with Crippen molar-refractivity contribution in [2.75, 3.05) is 24.3 Å². The second kappa shape index (κ2) is 6.09. The van der Waals surface area contributed by atoms with E-state index in [9.17, 15) is 8.78 Å². The van der Waals surface area contributed by atoms with E-state index in [2.05, 4.69) is 25.6 Å². The van der Waals surface area contributed by atoms with Crippen molar-refractivity contribution < 1.29 is 13.5 Å². The van der Waals surface area contributed by atoms with Crippen molar-refractivity contribution in [2.24, 2.45) is 0 Å². The smallest absolute Gasteiger partial charge is 0.322 e. The Hall–Kier alpha value is -2.51. The van der Waals surface area contributed by atoms with Crippen LogP contribution in [0.5, 0.6) is 6.01 Å². The Morgan fingerprint density at radius 2 is 1.90 bits per heavy atom. The topological polar surface area (TPSA) is 72.0 Å². The fourth-order valence-corrected chi connectivity index (χ4v) is 1.45. The summed E-state index contributed by atoms with van der Waals surface area (Å²) in [5.74, 6) is -0.853. The number of nitrogens with one attached hydrogen (secondary N) is 2. The van der Waals surface area contributed by atoms with Gasteiger partial charge in [0.15, 0.2) is 0 Å². The average molecular weight is 281 g/mol. The highest BCUT2D eigenvalue weighted by molar-refractivity contribution is 5.55. The highest BCUT2D eigenvalue weighted by Gasteiger charge is 2.09. The van der Waals surface area contributed by atoms with Gasteiger partial charge in [0.05, 0.1) is 12.8 Å². The molecule has 6 nitrogen and oxygen atoms in total. The van der Waals surface area contributed by atoms with Gasteiger partial charge >= 0.3 is 6.01 Å². The van der Waals surface area contributed by atoms with Crippen LogP contribution in [0, 0.1) is 11.6 Å². The Balaban J connectivity index is 2.32. The average Bonchev–Trinajstić information content (AvgIpc) is 2.43. The molecular formula is C12H13F2N5O. The third kappa shape index (κ3) is 3.28. The van der Waals surface area contributed by atoms with E-state index in [-0.39, 0.29) is 23.6 Å². The van der Waals surface area contributed by atoms with Crippen molar-refractivity contribution in [3.05, 3.63) is 29.8 Å². The summed E-state index contributed by atoms with van der Waals surface area (Å²) < 4.78 is 31.6. The van der Waals surface area contributed by atoms with E-state index in [4.69, 9.17) is 4.74 Å². The normalized spacial score (nSPS) is 10.2. The first kappa shape index (κ1) is 13.9. The number of nitrogens with zero attached hydrogens (tertiary/aromatic N) is 3. The molecule has 0 amide bonds. The second-order valence-corrected chi connectivity index (χ2v) is 3.75. The molecule has 0 aliphatic rings. The van der Waals surface area contributed by atoms with E-state index >= 15 is 0 Å². The second-order valence-electron chi connectivity index (χ2n) is 3.75. The van der Waals surface area contributed by atoms with Gasteiger partial charge in [0, 0.05) is 12.6 Å². The van der Waals surface area contributed by atoms with Gasteiger partial charge in [-0.05, 0) is 19.1 Å². The first-order valence-electron chi connectivity index (χ1n) is 5.88. The zero-order chi connectivity index (χ0) is 14.5. The Bertz CT molecular complexity index is 608. The van der Waals surface area contributed by atoms with Gasteiger partial charge in [-0.15, -0.1) is 0 Å². The van der Waals surface area contributed by atoms with E-state index in [1.807, 2.05) is 6.92 Å². The van der Waals surface area contributed by atoms with Crippen molar-refractivity contribution in [2.45, 2.75) is 6.92 Å². The van der Waals surface area contributed by atoms with Crippen LogP contribution in [0.25, 0.3) is 0 Å². The number of aromatic nitrogens is 3. The highest BCUT2D eigenvalue weighted by atomic mass is 19.1. The molecule has 0 saturated carbocycles. The van der Waals surface area contributed by atoms with Crippen molar-refractivity contribution in [3.8, 4) is 6.01 Å². The van der Waals surface area contributed by atoms with Crippen LogP contribution in [0.3, 0.4) is 0 Å². The largest absolute Gasteiger partial charge is 0.467 e. The van der Waals surface area contributed by atoms with Gasteiger partial charge in [0.25, 0.3) is 0 Å². The van der Waals surface area contributed by atoms with Crippen molar-refractivity contribution in [1.29, 1.82) is 0 Å². The van der Waals surface area contributed by atoms with Crippen molar-refractivity contribution in [3.63, 3.8) is 0 Å². The number of rotatable bonds is 5. The van der Waals surface area contributed by atoms with Crippen LogP contribution >= 0.6 is 0 Å². The molecular weight excluding hydrogens is 268 g/mol. The zero-order valence-electron chi connectivity index (χ0n) is 10.9. The molecule has 0 aliphatic carbocycles. The number of halogens is 2. The van der Waals surface area contributed by atoms with Gasteiger partial charge in [-0.2, -0.15) is 15.0 Å². The summed E-state index contributed by atoms with van der Waals surface area (Å²) in [4.78, 5) is 11.9. The molecule has 0 unspecified atom stereocenters. The molecule has 1 aromatic heterocycles. The van der Waals surface area contributed by atoms with Crippen LogP contribution in [0.1, 0.15) is 6.92 Å². The van der Waals surface area contributed by atoms with Crippen LogP contribution < -0.4 is 15.4 Å². The van der Waals surface area contributed by atoms with Crippen LogP contribution in [0.2, 0.25) is 0 Å². The molecule has 1 heterocycles. The summed E-state index contributed by atoms with van der Waals surface area (Å²) in [6, 6.07) is 3.12. The SMILES string of the molecule is CCNc1nc(Nc2cc(F)ccc2F)nc(OC)n1. The Kier molecular flexibility index (Phi) is 4.24. The van der Waals surface area contributed by atoms with Crippen molar-refractivity contribution in [1.82, 2.24) is 15.0 Å². The number of hydrogen-bond acceptors (Lipinski definition) is 6. The maximum Gasteiger partial charge on any atom is 0.322 e. The molecule has 1 aromatic carbocycles. The number of methoxy groups -OCH3 is 1. The first-order valence-corrected chi connectivity index (χ1v) is 5.88. The molecule has 2 aromatic rings. The van der Waals surface area contributed by atoms with E-state index < -0.39 is 11.6 Å². The molecule has 0 radical (unpaired) electrons. The van der Waals surface area contributed by atoms with Gasteiger partial charge in [0.2, 0.25) is 11.9 Å². The van der Waals surface area contributed by atoms with E-state index in [1.54, 1.807) is 0 Å². The third-order valence-electron chi connectivity index (χ3n) is 2.31. The van der Waals surface area contributed by atoms with E-state index in [0.717, 1.165) is 18.2 Å². The predicted octanol–water partition coefficient (Wildman–Crippen LogP) is 2.33. The Labute approximate surface area is 114 Å². The molecule has 0 bridgehead atoms. The molecule has 0 fully saturated rings. The summed E-state index contributed by atoms with van der Waals surface area (Å²) >= 11 is 0. The standard InChI is InChI=1S/C12H13F2N5O/c1-3-15-10-17-11(19-12(18-10)20-2)16-9-6-7(13)4-5-8(9)14/h4-6H,3H2,1-2H3,(H2,15,16,17,18,19). The van der Waals surface area contributed by atoms with Crippen LogP contribution in [0.4, 0.5) is 26.4 Å². The predicted molar refractivity (Wildman–Crippen MR) is 70.2 cm³/mol. The minimum absolute atomic E-state index is 0.0531. The summed E-state index contributed by atoms with van der Waals surface area (Å²) in [5.41, 5.74) is -0.0688. The summed E-state index contributed by atoms with van der Waals surface area (Å²) in [6.45, 7) is 2.47. The lowest BCUT2D eigenvalue weighted by Crippen LogP contribution is -2.08. The Morgan fingerprint density at radius 1 is 1.15 bits per heavy atom. The minimum atomic E-state index is -0.615. The molecule has 2 N–H and O–H groups in total. The molecule has 106 valence electrons. The molecule has 8 heteroatoms. The van der Waals surface area contributed by atoms with Crippen LogP contribution in [-0.2, 0) is 0 Å². The zero-order valence-corrected chi connectivity index (χ0v) is 10.9. The molecule has 0 spiro atoms. The third-order valence-corrected chi connectivity index (χ3v) is 2.31. The lowest BCUT2D eigenvalue weighted by atomic mass is 10.3. The summed E-state index contributed by atoms with van der Waals surface area (Å²) in [7, 11) is 1.40. The number of hydrogen-bond donors (Lipinski definition) is 2. The maximum absolute atomic E-state index is 13.5. The van der Waals surface area contributed by atoms with Gasteiger partial charge in [-0.3, -0.25) is 0 Å². The summed E-state index contributed by atoms with van der Waals surface area (Å²) in [5, 5.41) is 5.47.